The van der Waals surface area contributed by atoms with Crippen molar-refractivity contribution >= 4 is 17.1 Å². The molecule has 1 aromatic heterocycles. The van der Waals surface area contributed by atoms with Crippen molar-refractivity contribution in [1.29, 1.82) is 0 Å². The van der Waals surface area contributed by atoms with Crippen LogP contribution in [0.4, 0.5) is 4.39 Å². The van der Waals surface area contributed by atoms with Crippen LogP contribution in [-0.2, 0) is 6.42 Å². The first-order valence-corrected chi connectivity index (χ1v) is 9.58. The van der Waals surface area contributed by atoms with Gasteiger partial charge in [0.2, 0.25) is 0 Å². The van der Waals surface area contributed by atoms with E-state index in [1.54, 1.807) is 37.4 Å². The lowest BCUT2D eigenvalue weighted by Gasteiger charge is -2.06. The molecule has 0 saturated carbocycles. The maximum absolute atomic E-state index is 14.5. The fourth-order valence-electron chi connectivity index (χ4n) is 3.06. The van der Waals surface area contributed by atoms with Crippen molar-refractivity contribution in [1.82, 2.24) is 9.97 Å². The van der Waals surface area contributed by atoms with Gasteiger partial charge in [0.05, 0.1) is 22.8 Å². The molecular weight excluding hydrogens is 351 g/mol. The summed E-state index contributed by atoms with van der Waals surface area (Å²) >= 11 is 0. The van der Waals surface area contributed by atoms with Gasteiger partial charge in [-0.15, -0.1) is 6.58 Å². The minimum atomic E-state index is -0.287. The molecule has 0 saturated heterocycles. The van der Waals surface area contributed by atoms with Gasteiger partial charge in [-0.05, 0) is 55.5 Å². The molecule has 0 aliphatic heterocycles. The molecular formula is C24H25FN2O. The highest BCUT2D eigenvalue weighted by Gasteiger charge is 2.06. The second kappa shape index (κ2) is 9.38. The van der Waals surface area contributed by atoms with Gasteiger partial charge < -0.3 is 5.11 Å². The zero-order valence-corrected chi connectivity index (χ0v) is 16.1. The van der Waals surface area contributed by atoms with E-state index < -0.39 is 0 Å². The Hall–Kier alpha value is -2.85. The molecule has 0 radical (unpaired) electrons. The maximum Gasteiger partial charge on any atom is 0.131 e. The molecule has 1 N–H and O–H groups in total. The minimum absolute atomic E-state index is 0.253. The Morgan fingerprint density at radius 1 is 1.14 bits per heavy atom. The molecule has 0 bridgehead atoms. The molecule has 3 aromatic rings. The largest absolute Gasteiger partial charge is 0.393 e. The number of fused-ring (bicyclic) bond motifs is 1. The second-order valence-electron chi connectivity index (χ2n) is 6.98. The number of benzene rings is 2. The van der Waals surface area contributed by atoms with E-state index in [9.17, 15) is 9.50 Å². The van der Waals surface area contributed by atoms with Crippen LogP contribution in [0.5, 0.6) is 0 Å². The summed E-state index contributed by atoms with van der Waals surface area (Å²) in [5.74, 6) is -0.253. The van der Waals surface area contributed by atoms with Gasteiger partial charge in [0, 0.05) is 18.2 Å². The molecule has 3 nitrogen and oxygen atoms in total. The number of unbranched alkanes of at least 4 members (excludes halogenated alkanes) is 1. The summed E-state index contributed by atoms with van der Waals surface area (Å²) in [6.45, 7) is 5.50. The van der Waals surface area contributed by atoms with E-state index in [-0.39, 0.29) is 11.9 Å². The molecule has 0 amide bonds. The average Bonchev–Trinajstić information content (AvgIpc) is 2.68. The zero-order chi connectivity index (χ0) is 19.9. The lowest BCUT2D eigenvalue weighted by molar-refractivity contribution is 0.182. The highest BCUT2D eigenvalue weighted by Crippen LogP contribution is 2.25. The summed E-state index contributed by atoms with van der Waals surface area (Å²) in [4.78, 5) is 9.02. The Morgan fingerprint density at radius 3 is 2.68 bits per heavy atom. The Labute approximate surface area is 165 Å². The number of halogens is 1. The lowest BCUT2D eigenvalue weighted by atomic mass is 10.0. The molecule has 0 fully saturated rings. The topological polar surface area (TPSA) is 46.0 Å². The number of aromatic nitrogens is 2. The molecule has 2 aromatic carbocycles. The monoisotopic (exact) mass is 376 g/mol. The summed E-state index contributed by atoms with van der Waals surface area (Å²) in [5, 5.41) is 9.26. The van der Waals surface area contributed by atoms with Gasteiger partial charge in [-0.25, -0.2) is 9.37 Å². The summed E-state index contributed by atoms with van der Waals surface area (Å²) in [5.41, 5.74) is 4.77. The van der Waals surface area contributed by atoms with Crippen molar-refractivity contribution in [3.63, 3.8) is 0 Å². The van der Waals surface area contributed by atoms with Crippen molar-refractivity contribution < 1.29 is 9.50 Å². The van der Waals surface area contributed by atoms with Gasteiger partial charge >= 0.3 is 0 Å². The second-order valence-corrected chi connectivity index (χ2v) is 6.98. The molecule has 0 aliphatic rings. The number of allylic oxidation sites excluding steroid dienone is 2. The van der Waals surface area contributed by atoms with Gasteiger partial charge in [-0.2, -0.15) is 0 Å². The number of nitrogens with zero attached hydrogens (tertiary/aromatic N) is 2. The molecule has 0 aliphatic carbocycles. The first-order chi connectivity index (χ1) is 13.6. The van der Waals surface area contributed by atoms with Gasteiger partial charge in [0.1, 0.15) is 5.82 Å². The van der Waals surface area contributed by atoms with Crippen molar-refractivity contribution in [2.24, 2.45) is 0 Å². The Kier molecular flexibility index (Phi) is 6.66. The quantitative estimate of drug-likeness (QED) is 0.403. The third kappa shape index (κ3) is 5.11. The summed E-state index contributed by atoms with van der Waals surface area (Å²) < 4.78 is 14.5. The summed E-state index contributed by atoms with van der Waals surface area (Å²) in [6, 6.07) is 11.0. The van der Waals surface area contributed by atoms with Gasteiger partial charge in [-0.3, -0.25) is 4.98 Å². The zero-order valence-electron chi connectivity index (χ0n) is 16.1. The first-order valence-electron chi connectivity index (χ1n) is 9.58. The van der Waals surface area contributed by atoms with E-state index in [0.29, 0.717) is 12.0 Å². The predicted octanol–water partition coefficient (Wildman–Crippen LogP) is 5.73. The molecule has 144 valence electrons. The van der Waals surface area contributed by atoms with E-state index in [0.717, 1.165) is 47.1 Å². The third-order valence-corrected chi connectivity index (χ3v) is 4.57. The fourth-order valence-corrected chi connectivity index (χ4v) is 3.06. The smallest absolute Gasteiger partial charge is 0.131 e. The molecule has 1 heterocycles. The van der Waals surface area contributed by atoms with Crippen molar-refractivity contribution in [3.8, 4) is 11.1 Å². The number of aliphatic hydroxyl groups is 1. The van der Waals surface area contributed by atoms with Crippen LogP contribution in [-0.4, -0.2) is 21.2 Å². The Bertz CT molecular complexity index is 995. The van der Waals surface area contributed by atoms with Crippen LogP contribution in [0.1, 0.15) is 37.4 Å². The molecule has 4 heteroatoms. The number of hydrogen-bond donors (Lipinski definition) is 1. The van der Waals surface area contributed by atoms with Crippen molar-refractivity contribution in [2.45, 2.75) is 38.7 Å². The highest BCUT2D eigenvalue weighted by molar-refractivity contribution is 5.81. The number of hydrogen-bond acceptors (Lipinski definition) is 3. The molecule has 28 heavy (non-hydrogen) atoms. The molecule has 1 unspecified atom stereocenters. The molecule has 0 spiro atoms. The number of aliphatic hydroxyl groups excluding tert-OH is 1. The van der Waals surface area contributed by atoms with Crippen LogP contribution < -0.4 is 0 Å². The normalized spacial score (nSPS) is 12.5. The Morgan fingerprint density at radius 2 is 1.93 bits per heavy atom. The third-order valence-electron chi connectivity index (χ3n) is 4.57. The van der Waals surface area contributed by atoms with E-state index in [4.69, 9.17) is 0 Å². The van der Waals surface area contributed by atoms with Crippen LogP contribution in [0.3, 0.4) is 0 Å². The first kappa shape index (κ1) is 19.9. The maximum atomic E-state index is 14.5. The van der Waals surface area contributed by atoms with Crippen LogP contribution in [0, 0.1) is 5.82 Å². The van der Waals surface area contributed by atoms with E-state index in [1.807, 2.05) is 30.3 Å². The van der Waals surface area contributed by atoms with Crippen LogP contribution >= 0.6 is 0 Å². The highest BCUT2D eigenvalue weighted by atomic mass is 19.1. The van der Waals surface area contributed by atoms with E-state index >= 15 is 0 Å². The van der Waals surface area contributed by atoms with Gasteiger partial charge in [0.15, 0.2) is 0 Å². The number of rotatable bonds is 8. The molecule has 3 rings (SSSR count). The van der Waals surface area contributed by atoms with E-state index in [2.05, 4.69) is 16.5 Å². The van der Waals surface area contributed by atoms with Gasteiger partial charge in [0.25, 0.3) is 0 Å². The average molecular weight is 376 g/mol. The SMILES string of the molecule is C=CCc1cnc2cc(-c3ccc(C=CCCCC(C)O)c(F)c3)ccc2n1. The van der Waals surface area contributed by atoms with Crippen LogP contribution in [0.2, 0.25) is 0 Å². The Balaban J connectivity index is 1.76. The summed E-state index contributed by atoms with van der Waals surface area (Å²) in [6.07, 6.45) is 10.2. The van der Waals surface area contributed by atoms with E-state index in [1.165, 1.54) is 0 Å². The predicted molar refractivity (Wildman–Crippen MR) is 113 cm³/mol. The summed E-state index contributed by atoms with van der Waals surface area (Å²) in [7, 11) is 0. The fraction of sp³-hybridized carbons (Fsp3) is 0.250. The van der Waals surface area contributed by atoms with Crippen LogP contribution in [0.25, 0.3) is 28.2 Å². The van der Waals surface area contributed by atoms with Crippen LogP contribution in [0.15, 0.2) is 61.3 Å². The van der Waals surface area contributed by atoms with Crippen molar-refractivity contribution in [3.05, 3.63) is 78.4 Å². The van der Waals surface area contributed by atoms with Crippen molar-refractivity contribution in [2.75, 3.05) is 0 Å². The molecule has 1 atom stereocenters. The minimum Gasteiger partial charge on any atom is -0.393 e. The van der Waals surface area contributed by atoms with Gasteiger partial charge in [-0.1, -0.05) is 36.4 Å². The standard InChI is InChI=1S/C24H25FN2O/c1-3-7-21-16-26-24-15-20(12-13-23(24)27-21)19-11-10-18(22(25)14-19)9-6-4-5-8-17(2)28/h3,6,9-17,28H,1,4-5,7-8H2,2H3. The lowest BCUT2D eigenvalue weighted by Crippen LogP contribution is -1.97.